The average Bonchev–Trinajstić information content (AvgIpc) is 3.17. The van der Waals surface area contributed by atoms with E-state index >= 15 is 0 Å². The number of hydrogen-bond acceptors (Lipinski definition) is 6. The Balaban J connectivity index is 1.26. The molecule has 3 aromatic rings. The van der Waals surface area contributed by atoms with E-state index in [0.717, 1.165) is 31.6 Å². The number of ether oxygens (including phenoxy) is 1. The quantitative estimate of drug-likeness (QED) is 0.604. The number of carbonyl (C=O) groups is 1. The lowest BCUT2D eigenvalue weighted by atomic mass is 10.1. The normalized spacial score (nSPS) is 16.0. The van der Waals surface area contributed by atoms with Gasteiger partial charge in [-0.2, -0.15) is 0 Å². The van der Waals surface area contributed by atoms with Crippen LogP contribution in [0.25, 0.3) is 11.0 Å². The topological polar surface area (TPSA) is 66.2 Å². The van der Waals surface area contributed by atoms with Crippen LogP contribution in [0.15, 0.2) is 52.9 Å². The maximum absolute atomic E-state index is 11.5. The van der Waals surface area contributed by atoms with Gasteiger partial charge in [-0.25, -0.2) is 0 Å². The molecule has 0 saturated carbocycles. The maximum Gasteiger partial charge on any atom is 0.194 e. The zero-order chi connectivity index (χ0) is 21.1. The monoisotopic (exact) mass is 408 g/mol. The molecular weight excluding hydrogens is 380 g/mol. The Labute approximate surface area is 176 Å². The number of para-hydroxylation sites is 1. The number of anilines is 1. The van der Waals surface area contributed by atoms with Crippen molar-refractivity contribution in [1.82, 2.24) is 4.90 Å². The number of aliphatic hydroxyl groups is 1. The molecule has 4 rings (SSSR count). The molecule has 1 unspecified atom stereocenters. The molecule has 2 heterocycles. The number of piperazine rings is 1. The number of nitrogens with zero attached hydrogens (tertiary/aromatic N) is 2. The Bertz CT molecular complexity index is 1020. The van der Waals surface area contributed by atoms with Gasteiger partial charge in [0.15, 0.2) is 11.5 Å². The summed E-state index contributed by atoms with van der Waals surface area (Å²) in [5.41, 5.74) is 3.24. The molecule has 1 aromatic heterocycles. The summed E-state index contributed by atoms with van der Waals surface area (Å²) in [7, 11) is 0. The molecule has 0 spiro atoms. The number of Topliss-reactive ketones (excluding diaryl/α,β-unsaturated/α-hetero) is 1. The number of hydrogen-bond donors (Lipinski definition) is 1. The Hall–Kier alpha value is -2.83. The fraction of sp³-hybridized carbons (Fsp3) is 0.375. The summed E-state index contributed by atoms with van der Waals surface area (Å²) >= 11 is 0. The first-order valence-corrected chi connectivity index (χ1v) is 10.4. The van der Waals surface area contributed by atoms with E-state index in [1.807, 2.05) is 6.07 Å². The minimum atomic E-state index is -0.567. The number of carbonyl (C=O) groups excluding carboxylic acids is 1. The fourth-order valence-corrected chi connectivity index (χ4v) is 3.92. The molecule has 0 bridgehead atoms. The van der Waals surface area contributed by atoms with Gasteiger partial charge >= 0.3 is 0 Å². The molecule has 0 amide bonds. The lowest BCUT2D eigenvalue weighted by Crippen LogP contribution is -2.49. The van der Waals surface area contributed by atoms with E-state index in [1.165, 1.54) is 18.2 Å². The lowest BCUT2D eigenvalue weighted by molar-refractivity contribution is 0.0663. The van der Waals surface area contributed by atoms with E-state index in [9.17, 15) is 9.90 Å². The molecule has 0 aliphatic carbocycles. The third kappa shape index (κ3) is 4.66. The molecule has 30 heavy (non-hydrogen) atoms. The summed E-state index contributed by atoms with van der Waals surface area (Å²) in [6, 6.07) is 15.6. The lowest BCUT2D eigenvalue weighted by Gasteiger charge is -2.37. The van der Waals surface area contributed by atoms with Crippen molar-refractivity contribution in [2.24, 2.45) is 0 Å². The van der Waals surface area contributed by atoms with Crippen molar-refractivity contribution in [3.8, 4) is 5.75 Å². The predicted octanol–water partition coefficient (Wildman–Crippen LogP) is 3.51. The van der Waals surface area contributed by atoms with Gasteiger partial charge in [-0.05, 0) is 42.8 Å². The smallest absolute Gasteiger partial charge is 0.194 e. The summed E-state index contributed by atoms with van der Waals surface area (Å²) in [5.74, 6) is 0.889. The van der Waals surface area contributed by atoms with E-state index < -0.39 is 6.10 Å². The van der Waals surface area contributed by atoms with Crippen LogP contribution in [0, 0.1) is 6.92 Å². The fourth-order valence-electron chi connectivity index (χ4n) is 3.92. The van der Waals surface area contributed by atoms with Gasteiger partial charge in [0.25, 0.3) is 0 Å². The second-order valence-electron chi connectivity index (χ2n) is 7.91. The molecule has 0 radical (unpaired) electrons. The maximum atomic E-state index is 11.5. The third-order valence-corrected chi connectivity index (χ3v) is 5.57. The average molecular weight is 408 g/mol. The highest BCUT2D eigenvalue weighted by Gasteiger charge is 2.20. The van der Waals surface area contributed by atoms with Crippen LogP contribution >= 0.6 is 0 Å². The van der Waals surface area contributed by atoms with Crippen molar-refractivity contribution < 1.29 is 19.1 Å². The Morgan fingerprint density at radius 2 is 1.90 bits per heavy atom. The molecule has 6 heteroatoms. The number of β-amino-alcohol motifs (C(OH)–C–C–N with tert-alkyl or cyclic N) is 1. The van der Waals surface area contributed by atoms with Crippen molar-refractivity contribution >= 4 is 22.4 Å². The zero-order valence-corrected chi connectivity index (χ0v) is 17.5. The Kier molecular flexibility index (Phi) is 6.06. The van der Waals surface area contributed by atoms with E-state index in [-0.39, 0.29) is 12.4 Å². The first-order valence-electron chi connectivity index (χ1n) is 10.4. The van der Waals surface area contributed by atoms with Gasteiger partial charge in [0, 0.05) is 50.7 Å². The van der Waals surface area contributed by atoms with Gasteiger partial charge in [0.05, 0.1) is 0 Å². The van der Waals surface area contributed by atoms with E-state index in [0.29, 0.717) is 23.6 Å². The summed E-state index contributed by atoms with van der Waals surface area (Å²) < 4.78 is 11.3. The van der Waals surface area contributed by atoms with Crippen molar-refractivity contribution in [3.05, 3.63) is 59.9 Å². The third-order valence-electron chi connectivity index (χ3n) is 5.57. The summed E-state index contributed by atoms with van der Waals surface area (Å²) in [6.45, 7) is 8.17. The minimum absolute atomic E-state index is 0.105. The van der Waals surface area contributed by atoms with Crippen molar-refractivity contribution in [1.29, 1.82) is 0 Å². The first kappa shape index (κ1) is 20.4. The van der Waals surface area contributed by atoms with Crippen LogP contribution in [0.2, 0.25) is 0 Å². The number of aryl methyl sites for hydroxylation is 1. The molecule has 1 atom stereocenters. The second kappa shape index (κ2) is 8.90. The summed E-state index contributed by atoms with van der Waals surface area (Å²) in [5, 5.41) is 11.3. The van der Waals surface area contributed by atoms with Gasteiger partial charge < -0.3 is 19.2 Å². The number of fused-ring (bicyclic) bond motifs is 1. The number of aliphatic hydroxyl groups excluding tert-OH is 1. The van der Waals surface area contributed by atoms with E-state index in [4.69, 9.17) is 9.15 Å². The standard InChI is InChI=1S/C24H28N2O4/c1-17-5-3-4-6-22(17)26-11-9-25(10-12-26)15-20(28)16-29-21-7-8-23-19(13-21)14-24(30-23)18(2)27/h3-8,13-14,20,28H,9-12,15-16H2,1-2H3. The largest absolute Gasteiger partial charge is 0.491 e. The molecule has 158 valence electrons. The summed E-state index contributed by atoms with van der Waals surface area (Å²) in [4.78, 5) is 16.1. The summed E-state index contributed by atoms with van der Waals surface area (Å²) in [6.07, 6.45) is -0.567. The Morgan fingerprint density at radius 1 is 1.13 bits per heavy atom. The highest BCUT2D eigenvalue weighted by atomic mass is 16.5. The molecule has 2 aromatic carbocycles. The highest BCUT2D eigenvalue weighted by Crippen LogP contribution is 2.25. The van der Waals surface area contributed by atoms with Crippen LogP contribution in [-0.4, -0.2) is 61.2 Å². The number of furan rings is 1. The first-order chi connectivity index (χ1) is 14.5. The predicted molar refractivity (Wildman–Crippen MR) is 118 cm³/mol. The number of rotatable bonds is 7. The van der Waals surface area contributed by atoms with Crippen LogP contribution in [-0.2, 0) is 0 Å². The second-order valence-corrected chi connectivity index (χ2v) is 7.91. The molecule has 1 saturated heterocycles. The van der Waals surface area contributed by atoms with Crippen molar-refractivity contribution in [2.45, 2.75) is 20.0 Å². The van der Waals surface area contributed by atoms with Crippen LogP contribution in [0.5, 0.6) is 5.75 Å². The van der Waals surface area contributed by atoms with E-state index in [2.05, 4.69) is 41.0 Å². The molecule has 1 N–H and O–H groups in total. The molecular formula is C24H28N2O4. The molecule has 6 nitrogen and oxygen atoms in total. The van der Waals surface area contributed by atoms with Crippen LogP contribution in [0.1, 0.15) is 23.0 Å². The van der Waals surface area contributed by atoms with Gasteiger partial charge in [0.2, 0.25) is 0 Å². The van der Waals surface area contributed by atoms with Crippen LogP contribution in [0.3, 0.4) is 0 Å². The van der Waals surface area contributed by atoms with Gasteiger partial charge in [-0.1, -0.05) is 18.2 Å². The highest BCUT2D eigenvalue weighted by molar-refractivity contribution is 5.96. The molecule has 1 fully saturated rings. The van der Waals surface area contributed by atoms with Crippen molar-refractivity contribution in [2.75, 3.05) is 44.2 Å². The van der Waals surface area contributed by atoms with Gasteiger partial charge in [-0.15, -0.1) is 0 Å². The number of benzene rings is 2. The van der Waals surface area contributed by atoms with Gasteiger partial charge in [0.1, 0.15) is 24.0 Å². The van der Waals surface area contributed by atoms with Gasteiger partial charge in [-0.3, -0.25) is 9.69 Å². The molecule has 1 aliphatic rings. The minimum Gasteiger partial charge on any atom is -0.491 e. The number of ketones is 1. The van der Waals surface area contributed by atoms with E-state index in [1.54, 1.807) is 18.2 Å². The van der Waals surface area contributed by atoms with Crippen LogP contribution in [0.4, 0.5) is 5.69 Å². The Morgan fingerprint density at radius 3 is 2.63 bits per heavy atom. The van der Waals surface area contributed by atoms with Crippen molar-refractivity contribution in [3.63, 3.8) is 0 Å². The van der Waals surface area contributed by atoms with Crippen LogP contribution < -0.4 is 9.64 Å². The molecule has 1 aliphatic heterocycles. The zero-order valence-electron chi connectivity index (χ0n) is 17.5. The SMILES string of the molecule is CC(=O)c1cc2cc(OCC(O)CN3CCN(c4ccccc4C)CC3)ccc2o1.